The molecule has 0 bridgehead atoms. The van der Waals surface area contributed by atoms with Crippen molar-refractivity contribution in [3.8, 4) is 0 Å². The molecule has 1 N–H and O–H groups in total. The molecule has 0 amide bonds. The zero-order valence-electron chi connectivity index (χ0n) is 13.1. The van der Waals surface area contributed by atoms with E-state index in [0.717, 1.165) is 29.7 Å². The van der Waals surface area contributed by atoms with Gasteiger partial charge in [0, 0.05) is 19.1 Å². The second-order valence-corrected chi connectivity index (χ2v) is 6.24. The number of aromatic nitrogens is 3. The predicted octanol–water partition coefficient (Wildman–Crippen LogP) is 4.32. The van der Waals surface area contributed by atoms with E-state index in [4.69, 9.17) is 12.2 Å². The highest BCUT2D eigenvalue weighted by Gasteiger charge is 2.24. The van der Waals surface area contributed by atoms with Crippen LogP contribution in [0.15, 0.2) is 0 Å². The summed E-state index contributed by atoms with van der Waals surface area (Å²) in [5.74, 6) is 1.79. The Kier molecular flexibility index (Phi) is 5.64. The summed E-state index contributed by atoms with van der Waals surface area (Å²) in [7, 11) is 0. The maximum atomic E-state index is 5.47. The number of H-pyrrole nitrogens is 1. The van der Waals surface area contributed by atoms with E-state index in [-0.39, 0.29) is 0 Å². The van der Waals surface area contributed by atoms with Gasteiger partial charge in [0.2, 0.25) is 5.95 Å². The van der Waals surface area contributed by atoms with Crippen LogP contribution >= 0.6 is 12.2 Å². The summed E-state index contributed by atoms with van der Waals surface area (Å²) in [5, 5.41) is 7.54. The van der Waals surface area contributed by atoms with E-state index in [1.807, 2.05) is 0 Å². The molecule has 1 aromatic heterocycles. The van der Waals surface area contributed by atoms with Gasteiger partial charge in [-0.15, -0.1) is 5.10 Å². The molecule has 0 aromatic carbocycles. The van der Waals surface area contributed by atoms with Gasteiger partial charge in [0.25, 0.3) is 0 Å². The molecule has 1 saturated carbocycles. The van der Waals surface area contributed by atoms with Crippen LogP contribution in [0.5, 0.6) is 0 Å². The lowest BCUT2D eigenvalue weighted by Gasteiger charge is -2.28. The number of hydrogen-bond acceptors (Lipinski definition) is 3. The van der Waals surface area contributed by atoms with Gasteiger partial charge in [-0.1, -0.05) is 39.5 Å². The van der Waals surface area contributed by atoms with Crippen molar-refractivity contribution < 1.29 is 0 Å². The molecule has 1 aromatic rings. The topological polar surface area (TPSA) is 36.9 Å². The summed E-state index contributed by atoms with van der Waals surface area (Å²) in [4.78, 5) is 2.39. The molecule has 0 radical (unpaired) electrons. The van der Waals surface area contributed by atoms with Crippen molar-refractivity contribution in [1.82, 2.24) is 14.8 Å². The standard InChI is InChI=1S/C15H28N4S/c1-4-12(5-2)11-18(6-3)14-16-17-15(20)19(14)13-9-7-8-10-13/h12-13H,4-11H2,1-3H3,(H,17,20). The van der Waals surface area contributed by atoms with Crippen molar-refractivity contribution in [2.75, 3.05) is 18.0 Å². The lowest BCUT2D eigenvalue weighted by Crippen LogP contribution is -2.32. The minimum Gasteiger partial charge on any atom is -0.341 e. The number of hydrogen-bond donors (Lipinski definition) is 1. The van der Waals surface area contributed by atoms with Gasteiger partial charge in [0.1, 0.15) is 0 Å². The predicted molar refractivity (Wildman–Crippen MR) is 86.9 cm³/mol. The lowest BCUT2D eigenvalue weighted by atomic mass is 10.0. The summed E-state index contributed by atoms with van der Waals surface area (Å²) < 4.78 is 3.06. The van der Waals surface area contributed by atoms with Gasteiger partial charge in [-0.25, -0.2) is 5.10 Å². The Morgan fingerprint density at radius 3 is 2.50 bits per heavy atom. The quantitative estimate of drug-likeness (QED) is 0.761. The van der Waals surface area contributed by atoms with E-state index in [2.05, 4.69) is 40.4 Å². The SMILES string of the molecule is CCC(CC)CN(CC)c1n[nH]c(=S)n1C1CCCC1. The highest BCUT2D eigenvalue weighted by atomic mass is 32.1. The number of nitrogens with zero attached hydrogens (tertiary/aromatic N) is 3. The summed E-state index contributed by atoms with van der Waals surface area (Å²) in [6.07, 6.45) is 7.56. The molecular formula is C15H28N4S. The zero-order chi connectivity index (χ0) is 14.5. The van der Waals surface area contributed by atoms with Crippen LogP contribution in [-0.4, -0.2) is 27.9 Å². The van der Waals surface area contributed by atoms with Gasteiger partial charge in [0.15, 0.2) is 4.77 Å². The molecule has 0 spiro atoms. The maximum Gasteiger partial charge on any atom is 0.225 e. The Bertz CT molecular complexity index is 455. The maximum absolute atomic E-state index is 5.47. The van der Waals surface area contributed by atoms with E-state index in [0.29, 0.717) is 6.04 Å². The molecule has 4 nitrogen and oxygen atoms in total. The average Bonchev–Trinajstić information content (AvgIpc) is 3.09. The molecule has 1 aliphatic rings. The molecule has 0 atom stereocenters. The van der Waals surface area contributed by atoms with Crippen molar-refractivity contribution in [2.24, 2.45) is 5.92 Å². The molecule has 1 aliphatic carbocycles. The first-order valence-corrected chi connectivity index (χ1v) is 8.53. The van der Waals surface area contributed by atoms with Crippen molar-refractivity contribution >= 4 is 18.2 Å². The fraction of sp³-hybridized carbons (Fsp3) is 0.867. The zero-order valence-corrected chi connectivity index (χ0v) is 13.9. The molecule has 0 unspecified atom stereocenters. The first kappa shape index (κ1) is 15.5. The molecule has 114 valence electrons. The molecule has 20 heavy (non-hydrogen) atoms. The first-order chi connectivity index (χ1) is 9.71. The second-order valence-electron chi connectivity index (χ2n) is 5.86. The van der Waals surface area contributed by atoms with Crippen molar-refractivity contribution in [1.29, 1.82) is 0 Å². The van der Waals surface area contributed by atoms with Crippen LogP contribution in [0.4, 0.5) is 5.95 Å². The normalized spacial score (nSPS) is 16.2. The number of anilines is 1. The van der Waals surface area contributed by atoms with Gasteiger partial charge in [0.05, 0.1) is 0 Å². The van der Waals surface area contributed by atoms with Gasteiger partial charge >= 0.3 is 0 Å². The van der Waals surface area contributed by atoms with Crippen LogP contribution < -0.4 is 4.90 Å². The number of aromatic amines is 1. The largest absolute Gasteiger partial charge is 0.341 e. The van der Waals surface area contributed by atoms with Gasteiger partial charge in [-0.2, -0.15) is 0 Å². The Hall–Kier alpha value is -0.840. The van der Waals surface area contributed by atoms with E-state index < -0.39 is 0 Å². The van der Waals surface area contributed by atoms with Crippen molar-refractivity contribution in [3.05, 3.63) is 4.77 Å². The molecule has 2 rings (SSSR count). The molecular weight excluding hydrogens is 268 g/mol. The summed E-state index contributed by atoms with van der Waals surface area (Å²) in [6, 6.07) is 0.548. The van der Waals surface area contributed by atoms with Crippen LogP contribution in [0, 0.1) is 10.7 Å². The minimum atomic E-state index is 0.548. The van der Waals surface area contributed by atoms with Crippen molar-refractivity contribution in [3.63, 3.8) is 0 Å². The molecule has 1 heterocycles. The lowest BCUT2D eigenvalue weighted by molar-refractivity contribution is 0.463. The smallest absolute Gasteiger partial charge is 0.225 e. The Labute approximate surface area is 127 Å². The summed E-state index contributed by atoms with van der Waals surface area (Å²) in [6.45, 7) is 8.82. The third-order valence-electron chi connectivity index (χ3n) is 4.67. The van der Waals surface area contributed by atoms with Crippen molar-refractivity contribution in [2.45, 2.75) is 65.3 Å². The first-order valence-electron chi connectivity index (χ1n) is 8.13. The molecule has 0 aliphatic heterocycles. The highest BCUT2D eigenvalue weighted by molar-refractivity contribution is 7.71. The van der Waals surface area contributed by atoms with Crippen LogP contribution in [0.25, 0.3) is 0 Å². The number of nitrogens with one attached hydrogen (secondary N) is 1. The van der Waals surface area contributed by atoms with Crippen LogP contribution in [0.2, 0.25) is 0 Å². The third kappa shape index (κ3) is 3.25. The van der Waals surface area contributed by atoms with Gasteiger partial charge in [-0.05, 0) is 37.9 Å². The third-order valence-corrected chi connectivity index (χ3v) is 4.96. The van der Waals surface area contributed by atoms with Crippen LogP contribution in [0.1, 0.15) is 65.3 Å². The average molecular weight is 296 g/mol. The molecule has 5 heteroatoms. The Morgan fingerprint density at radius 2 is 1.95 bits per heavy atom. The van der Waals surface area contributed by atoms with Crippen LogP contribution in [-0.2, 0) is 0 Å². The van der Waals surface area contributed by atoms with E-state index in [1.165, 1.54) is 38.5 Å². The van der Waals surface area contributed by atoms with E-state index in [9.17, 15) is 0 Å². The fourth-order valence-corrected chi connectivity index (χ4v) is 3.50. The minimum absolute atomic E-state index is 0.548. The molecule has 0 saturated heterocycles. The fourth-order valence-electron chi connectivity index (χ4n) is 3.22. The Balaban J connectivity index is 2.23. The van der Waals surface area contributed by atoms with Crippen LogP contribution in [0.3, 0.4) is 0 Å². The van der Waals surface area contributed by atoms with E-state index >= 15 is 0 Å². The molecule has 1 fully saturated rings. The number of rotatable bonds is 7. The second kappa shape index (κ2) is 7.25. The van der Waals surface area contributed by atoms with Gasteiger partial charge in [-0.3, -0.25) is 4.57 Å². The van der Waals surface area contributed by atoms with E-state index in [1.54, 1.807) is 0 Å². The summed E-state index contributed by atoms with van der Waals surface area (Å²) in [5.41, 5.74) is 0. The Morgan fingerprint density at radius 1 is 1.30 bits per heavy atom. The monoisotopic (exact) mass is 296 g/mol. The summed E-state index contributed by atoms with van der Waals surface area (Å²) >= 11 is 5.47. The van der Waals surface area contributed by atoms with Gasteiger partial charge < -0.3 is 4.90 Å². The highest BCUT2D eigenvalue weighted by Crippen LogP contribution is 2.32.